The highest BCUT2D eigenvalue weighted by atomic mass is 16.4. The van der Waals surface area contributed by atoms with Crippen LogP contribution in [0.5, 0.6) is 0 Å². The van der Waals surface area contributed by atoms with Gasteiger partial charge in [-0.05, 0) is 69.5 Å². The van der Waals surface area contributed by atoms with E-state index in [4.69, 9.17) is 0 Å². The molecule has 0 aliphatic carbocycles. The molecule has 0 amide bonds. The van der Waals surface area contributed by atoms with Gasteiger partial charge in [0.15, 0.2) is 0 Å². The van der Waals surface area contributed by atoms with E-state index in [0.717, 1.165) is 33.4 Å². The number of carboxylic acids is 2. The molecule has 4 aromatic carbocycles. The normalized spacial score (nSPS) is 10.9. The van der Waals surface area contributed by atoms with Gasteiger partial charge in [0.05, 0.1) is 11.1 Å². The molecule has 0 atom stereocenters. The first-order valence-electron chi connectivity index (χ1n) is 11.2. The van der Waals surface area contributed by atoms with Crippen LogP contribution in [0, 0.1) is 6.92 Å². The molecule has 2 N–H and O–H groups in total. The van der Waals surface area contributed by atoms with E-state index < -0.39 is 11.9 Å². The third-order valence-electron chi connectivity index (χ3n) is 6.09. The summed E-state index contributed by atoms with van der Waals surface area (Å²) in [6.07, 6.45) is 0. The van der Waals surface area contributed by atoms with Crippen molar-refractivity contribution in [3.63, 3.8) is 0 Å². The van der Waals surface area contributed by atoms with E-state index in [0.29, 0.717) is 11.1 Å². The largest absolute Gasteiger partial charge is 0.478 e. The first kappa shape index (κ1) is 23.0. The van der Waals surface area contributed by atoms with Crippen molar-refractivity contribution in [2.75, 3.05) is 0 Å². The van der Waals surface area contributed by atoms with Crippen LogP contribution in [0.1, 0.15) is 51.6 Å². The van der Waals surface area contributed by atoms with Crippen molar-refractivity contribution < 1.29 is 19.8 Å². The fourth-order valence-electron chi connectivity index (χ4n) is 4.61. The van der Waals surface area contributed by atoms with Gasteiger partial charge in [0, 0.05) is 0 Å². The van der Waals surface area contributed by atoms with E-state index in [1.54, 1.807) is 30.3 Å². The molecule has 4 nitrogen and oxygen atoms in total. The van der Waals surface area contributed by atoms with E-state index >= 15 is 0 Å². The molecule has 4 rings (SSSR count). The van der Waals surface area contributed by atoms with Crippen molar-refractivity contribution in [1.29, 1.82) is 0 Å². The van der Waals surface area contributed by atoms with Crippen LogP contribution in [-0.2, 0) is 0 Å². The summed E-state index contributed by atoms with van der Waals surface area (Å²) in [6, 6.07) is 25.8. The van der Waals surface area contributed by atoms with Gasteiger partial charge in [-0.1, -0.05) is 86.6 Å². The Bertz CT molecular complexity index is 1380. The van der Waals surface area contributed by atoms with Gasteiger partial charge in [-0.3, -0.25) is 0 Å². The summed E-state index contributed by atoms with van der Waals surface area (Å²) in [5.74, 6) is -1.89. The van der Waals surface area contributed by atoms with Gasteiger partial charge in [-0.25, -0.2) is 9.59 Å². The summed E-state index contributed by atoms with van der Waals surface area (Å²) in [4.78, 5) is 24.4. The Hall–Kier alpha value is -4.18. The quantitative estimate of drug-likeness (QED) is 0.319. The van der Waals surface area contributed by atoms with Crippen LogP contribution < -0.4 is 0 Å². The third-order valence-corrected chi connectivity index (χ3v) is 6.09. The van der Waals surface area contributed by atoms with Gasteiger partial charge in [0.1, 0.15) is 0 Å². The number of aryl methyl sites for hydroxylation is 1. The summed E-state index contributed by atoms with van der Waals surface area (Å²) >= 11 is 0. The van der Waals surface area contributed by atoms with E-state index in [-0.39, 0.29) is 17.0 Å². The molecule has 0 radical (unpaired) electrons. The minimum Gasteiger partial charge on any atom is -0.478 e. The predicted molar refractivity (Wildman–Crippen MR) is 135 cm³/mol. The maximum absolute atomic E-state index is 12.3. The summed E-state index contributed by atoms with van der Waals surface area (Å²) in [7, 11) is 0. The van der Waals surface area contributed by atoms with Crippen LogP contribution >= 0.6 is 0 Å². The predicted octanol–water partition coefficient (Wildman–Crippen LogP) is 7.52. The van der Waals surface area contributed by atoms with Crippen molar-refractivity contribution in [3.05, 3.63) is 107 Å². The Labute approximate surface area is 199 Å². The summed E-state index contributed by atoms with van der Waals surface area (Å²) in [5.41, 5.74) is 6.80. The zero-order valence-corrected chi connectivity index (χ0v) is 19.4. The van der Waals surface area contributed by atoms with Gasteiger partial charge in [0.25, 0.3) is 0 Å². The number of benzene rings is 4. The van der Waals surface area contributed by atoms with Crippen molar-refractivity contribution in [1.82, 2.24) is 0 Å². The minimum atomic E-state index is -1.03. The van der Waals surface area contributed by atoms with Crippen LogP contribution in [0.4, 0.5) is 0 Å². The second-order valence-electron chi connectivity index (χ2n) is 8.63. The van der Waals surface area contributed by atoms with Crippen LogP contribution in [0.2, 0.25) is 0 Å². The molecule has 34 heavy (non-hydrogen) atoms. The van der Waals surface area contributed by atoms with Crippen LogP contribution in [0.25, 0.3) is 33.4 Å². The van der Waals surface area contributed by atoms with Gasteiger partial charge in [-0.15, -0.1) is 0 Å². The fraction of sp³-hybridized carbons (Fsp3) is 0.133. The van der Waals surface area contributed by atoms with E-state index in [1.165, 1.54) is 0 Å². The molecule has 0 saturated carbocycles. The first-order chi connectivity index (χ1) is 16.3. The van der Waals surface area contributed by atoms with Gasteiger partial charge >= 0.3 is 11.9 Å². The molecule has 4 heteroatoms. The molecule has 0 aromatic heterocycles. The topological polar surface area (TPSA) is 74.6 Å². The Balaban J connectivity index is 2.28. The molecule has 0 heterocycles. The molecule has 4 aromatic rings. The number of hydrogen-bond acceptors (Lipinski definition) is 2. The van der Waals surface area contributed by atoms with Crippen LogP contribution in [0.15, 0.2) is 84.9 Å². The number of aromatic carboxylic acids is 2. The summed E-state index contributed by atoms with van der Waals surface area (Å²) < 4.78 is 0. The Morgan fingerprint density at radius 3 is 1.62 bits per heavy atom. The zero-order chi connectivity index (χ0) is 24.4. The van der Waals surface area contributed by atoms with Gasteiger partial charge in [-0.2, -0.15) is 0 Å². The lowest BCUT2D eigenvalue weighted by Crippen LogP contribution is -2.07. The molecule has 0 fully saturated rings. The standard InChI is InChI=1S/C30H26O4/c1-18(2)25-17-19(3)26(21-13-7-9-15-23(21)29(31)32)28(27(25)20-11-5-4-6-12-20)22-14-8-10-16-24(22)30(33)34/h4-18H,1-3H3,(H,31,32)(H,33,34). The lowest BCUT2D eigenvalue weighted by molar-refractivity contribution is 0.0686. The second-order valence-corrected chi connectivity index (χ2v) is 8.63. The highest BCUT2D eigenvalue weighted by Crippen LogP contribution is 2.47. The van der Waals surface area contributed by atoms with E-state index in [9.17, 15) is 19.8 Å². The number of carboxylic acid groups (broad SMARTS) is 2. The van der Waals surface area contributed by atoms with Crippen LogP contribution in [0.3, 0.4) is 0 Å². The van der Waals surface area contributed by atoms with Crippen molar-refractivity contribution >= 4 is 11.9 Å². The molecule has 0 spiro atoms. The third kappa shape index (κ3) is 4.11. The molecule has 170 valence electrons. The second kappa shape index (κ2) is 9.36. The van der Waals surface area contributed by atoms with Crippen molar-refractivity contribution in [2.24, 2.45) is 0 Å². The fourth-order valence-corrected chi connectivity index (χ4v) is 4.61. The Morgan fingerprint density at radius 1 is 0.647 bits per heavy atom. The number of rotatable bonds is 6. The molecule has 0 unspecified atom stereocenters. The average molecular weight is 451 g/mol. The molecule has 0 bridgehead atoms. The SMILES string of the molecule is Cc1cc(C(C)C)c(-c2ccccc2)c(-c2ccccc2C(=O)O)c1-c1ccccc1C(=O)O. The van der Waals surface area contributed by atoms with Gasteiger partial charge in [0.2, 0.25) is 0 Å². The zero-order valence-electron chi connectivity index (χ0n) is 19.4. The lowest BCUT2D eigenvalue weighted by atomic mass is 9.78. The molecule has 0 aliphatic heterocycles. The van der Waals surface area contributed by atoms with Crippen LogP contribution in [-0.4, -0.2) is 22.2 Å². The monoisotopic (exact) mass is 450 g/mol. The highest BCUT2D eigenvalue weighted by molar-refractivity contribution is 6.07. The average Bonchev–Trinajstić information content (AvgIpc) is 2.83. The Morgan fingerprint density at radius 2 is 1.12 bits per heavy atom. The summed E-state index contributed by atoms with van der Waals surface area (Å²) in [5, 5.41) is 20.0. The molecular formula is C30H26O4. The van der Waals surface area contributed by atoms with Crippen molar-refractivity contribution in [2.45, 2.75) is 26.7 Å². The summed E-state index contributed by atoms with van der Waals surface area (Å²) in [6.45, 7) is 6.18. The van der Waals surface area contributed by atoms with Crippen molar-refractivity contribution in [3.8, 4) is 33.4 Å². The lowest BCUT2D eigenvalue weighted by Gasteiger charge is -2.25. The maximum atomic E-state index is 12.3. The number of carbonyl (C=O) groups is 2. The van der Waals surface area contributed by atoms with E-state index in [2.05, 4.69) is 19.9 Å². The molecule has 0 aliphatic rings. The highest BCUT2D eigenvalue weighted by Gasteiger charge is 2.26. The Kier molecular flexibility index (Phi) is 6.33. The number of hydrogen-bond donors (Lipinski definition) is 2. The smallest absolute Gasteiger partial charge is 0.336 e. The van der Waals surface area contributed by atoms with Gasteiger partial charge < -0.3 is 10.2 Å². The molecular weight excluding hydrogens is 424 g/mol. The minimum absolute atomic E-state index is 0.161. The first-order valence-corrected chi connectivity index (χ1v) is 11.2. The molecule has 0 saturated heterocycles. The maximum Gasteiger partial charge on any atom is 0.336 e. The van der Waals surface area contributed by atoms with E-state index in [1.807, 2.05) is 55.5 Å².